The molecule has 24 heavy (non-hydrogen) atoms. The highest BCUT2D eigenvalue weighted by Crippen LogP contribution is 2.21. The fourth-order valence-electron chi connectivity index (χ4n) is 3.09. The van der Waals surface area contributed by atoms with Gasteiger partial charge in [-0.15, -0.1) is 10.2 Å². The first-order chi connectivity index (χ1) is 11.5. The molecule has 5 heteroatoms. The first-order valence-corrected chi connectivity index (χ1v) is 8.51. The summed E-state index contributed by atoms with van der Waals surface area (Å²) in [5, 5.41) is 11.3. The lowest BCUT2D eigenvalue weighted by atomic mass is 10.0. The van der Waals surface area contributed by atoms with Gasteiger partial charge in [-0.3, -0.25) is 4.79 Å². The van der Waals surface area contributed by atoms with E-state index in [1.165, 1.54) is 12.8 Å². The van der Waals surface area contributed by atoms with E-state index in [9.17, 15) is 4.79 Å². The predicted octanol–water partition coefficient (Wildman–Crippen LogP) is 3.58. The molecule has 3 rings (SSSR count). The molecule has 1 fully saturated rings. The number of carbonyl (C=O) groups is 1. The molecule has 1 saturated heterocycles. The van der Waals surface area contributed by atoms with Crippen molar-refractivity contribution in [3.63, 3.8) is 0 Å². The van der Waals surface area contributed by atoms with Crippen LogP contribution < -0.4 is 10.2 Å². The van der Waals surface area contributed by atoms with Crippen molar-refractivity contribution in [3.8, 4) is 0 Å². The molecule has 0 bridgehead atoms. The van der Waals surface area contributed by atoms with Gasteiger partial charge in [0.15, 0.2) is 11.5 Å². The third kappa shape index (κ3) is 3.55. The Kier molecular flexibility index (Phi) is 4.79. The van der Waals surface area contributed by atoms with Crippen LogP contribution in [0, 0.1) is 19.8 Å². The summed E-state index contributed by atoms with van der Waals surface area (Å²) >= 11 is 0. The predicted molar refractivity (Wildman–Crippen MR) is 96.5 cm³/mol. The first kappa shape index (κ1) is 16.4. The number of piperidine rings is 1. The Morgan fingerprint density at radius 2 is 2.04 bits per heavy atom. The molecule has 1 aliphatic rings. The van der Waals surface area contributed by atoms with Crippen LogP contribution in [-0.2, 0) is 0 Å². The minimum absolute atomic E-state index is 0.227. The number of benzene rings is 1. The Morgan fingerprint density at radius 3 is 2.75 bits per heavy atom. The SMILES string of the molecule is Cc1cccc(NC(=O)c2ccc(N3CCCC(C)C3)nn2)c1C. The highest BCUT2D eigenvalue weighted by Gasteiger charge is 2.18. The maximum absolute atomic E-state index is 12.4. The largest absolute Gasteiger partial charge is 0.355 e. The molecule has 0 aliphatic carbocycles. The van der Waals surface area contributed by atoms with Crippen LogP contribution >= 0.6 is 0 Å². The molecule has 1 unspecified atom stereocenters. The first-order valence-electron chi connectivity index (χ1n) is 8.51. The minimum Gasteiger partial charge on any atom is -0.355 e. The molecule has 0 saturated carbocycles. The Bertz CT molecular complexity index is 727. The van der Waals surface area contributed by atoms with Gasteiger partial charge in [-0.25, -0.2) is 0 Å². The fraction of sp³-hybridized carbons (Fsp3) is 0.421. The highest BCUT2D eigenvalue weighted by atomic mass is 16.1. The topological polar surface area (TPSA) is 58.1 Å². The standard InChI is InChI=1S/C19H24N4O/c1-13-6-5-11-23(12-13)18-10-9-17(21-22-18)19(24)20-16-8-4-7-14(2)15(16)3/h4,7-10,13H,5-6,11-12H2,1-3H3,(H,20,24). The summed E-state index contributed by atoms with van der Waals surface area (Å²) in [7, 11) is 0. The van der Waals surface area contributed by atoms with Crippen molar-refractivity contribution < 1.29 is 4.79 Å². The molecule has 126 valence electrons. The van der Waals surface area contributed by atoms with Crippen LogP contribution in [-0.4, -0.2) is 29.2 Å². The number of hydrogen-bond acceptors (Lipinski definition) is 4. The van der Waals surface area contributed by atoms with E-state index in [4.69, 9.17) is 0 Å². The number of amides is 1. The lowest BCUT2D eigenvalue weighted by Gasteiger charge is -2.31. The molecular weight excluding hydrogens is 300 g/mol. The van der Waals surface area contributed by atoms with Crippen LogP contribution in [0.3, 0.4) is 0 Å². The highest BCUT2D eigenvalue weighted by molar-refractivity contribution is 6.03. The third-order valence-corrected chi connectivity index (χ3v) is 4.72. The van der Waals surface area contributed by atoms with Crippen LogP contribution in [0.15, 0.2) is 30.3 Å². The number of aromatic nitrogens is 2. The maximum Gasteiger partial charge on any atom is 0.276 e. The van der Waals surface area contributed by atoms with Gasteiger partial charge in [0, 0.05) is 18.8 Å². The van der Waals surface area contributed by atoms with E-state index in [1.54, 1.807) is 6.07 Å². The van der Waals surface area contributed by atoms with Crippen molar-refractivity contribution in [2.45, 2.75) is 33.6 Å². The zero-order valence-electron chi connectivity index (χ0n) is 14.5. The van der Waals surface area contributed by atoms with Gasteiger partial charge >= 0.3 is 0 Å². The Hall–Kier alpha value is -2.43. The van der Waals surface area contributed by atoms with Crippen molar-refractivity contribution in [2.75, 3.05) is 23.3 Å². The summed E-state index contributed by atoms with van der Waals surface area (Å²) in [6.45, 7) is 8.29. The second kappa shape index (κ2) is 6.99. The van der Waals surface area contributed by atoms with Crippen molar-refractivity contribution >= 4 is 17.4 Å². The van der Waals surface area contributed by atoms with Crippen molar-refractivity contribution in [1.82, 2.24) is 10.2 Å². The summed E-state index contributed by atoms with van der Waals surface area (Å²) in [5.74, 6) is 1.30. The van der Waals surface area contributed by atoms with Gasteiger partial charge in [0.1, 0.15) is 0 Å². The molecule has 5 nitrogen and oxygen atoms in total. The Morgan fingerprint density at radius 1 is 1.21 bits per heavy atom. The smallest absolute Gasteiger partial charge is 0.276 e. The van der Waals surface area contributed by atoms with Crippen molar-refractivity contribution in [1.29, 1.82) is 0 Å². The number of carbonyl (C=O) groups excluding carboxylic acids is 1. The van der Waals surface area contributed by atoms with Gasteiger partial charge < -0.3 is 10.2 Å². The van der Waals surface area contributed by atoms with E-state index in [-0.39, 0.29) is 5.91 Å². The number of aryl methyl sites for hydroxylation is 1. The molecule has 1 N–H and O–H groups in total. The molecule has 0 spiro atoms. The fourth-order valence-corrected chi connectivity index (χ4v) is 3.09. The van der Waals surface area contributed by atoms with E-state index < -0.39 is 0 Å². The van der Waals surface area contributed by atoms with Gasteiger partial charge in [0.05, 0.1) is 0 Å². The van der Waals surface area contributed by atoms with E-state index in [2.05, 4.69) is 27.3 Å². The molecule has 2 heterocycles. The van der Waals surface area contributed by atoms with E-state index in [1.807, 2.05) is 38.1 Å². The third-order valence-electron chi connectivity index (χ3n) is 4.72. The number of nitrogens with one attached hydrogen (secondary N) is 1. The summed E-state index contributed by atoms with van der Waals surface area (Å²) in [5.41, 5.74) is 3.37. The summed E-state index contributed by atoms with van der Waals surface area (Å²) in [6, 6.07) is 9.51. The number of rotatable bonds is 3. The molecule has 1 aromatic heterocycles. The maximum atomic E-state index is 12.4. The average Bonchev–Trinajstić information content (AvgIpc) is 2.59. The van der Waals surface area contributed by atoms with Crippen LogP contribution in [0.2, 0.25) is 0 Å². The molecular formula is C19H24N4O. The zero-order valence-corrected chi connectivity index (χ0v) is 14.5. The Labute approximate surface area is 143 Å². The van der Waals surface area contributed by atoms with Gasteiger partial charge in [0.2, 0.25) is 0 Å². The van der Waals surface area contributed by atoms with Crippen LogP contribution in [0.1, 0.15) is 41.4 Å². The summed E-state index contributed by atoms with van der Waals surface area (Å²) in [6.07, 6.45) is 2.44. The van der Waals surface area contributed by atoms with Crippen LogP contribution in [0.4, 0.5) is 11.5 Å². The van der Waals surface area contributed by atoms with Crippen LogP contribution in [0.5, 0.6) is 0 Å². The van der Waals surface area contributed by atoms with E-state index in [0.29, 0.717) is 11.6 Å². The monoisotopic (exact) mass is 324 g/mol. The normalized spacial score (nSPS) is 17.6. The number of nitrogens with zero attached hydrogens (tertiary/aromatic N) is 3. The molecule has 1 amide bonds. The molecule has 1 atom stereocenters. The quantitative estimate of drug-likeness (QED) is 0.937. The molecule has 0 radical (unpaired) electrons. The minimum atomic E-state index is -0.227. The molecule has 1 aromatic carbocycles. The second-order valence-corrected chi connectivity index (χ2v) is 6.67. The number of anilines is 2. The van der Waals surface area contributed by atoms with Crippen molar-refractivity contribution in [3.05, 3.63) is 47.2 Å². The summed E-state index contributed by atoms with van der Waals surface area (Å²) in [4.78, 5) is 14.6. The van der Waals surface area contributed by atoms with Gasteiger partial charge in [-0.05, 0) is 61.9 Å². The number of hydrogen-bond donors (Lipinski definition) is 1. The summed E-state index contributed by atoms with van der Waals surface area (Å²) < 4.78 is 0. The van der Waals surface area contributed by atoms with Gasteiger partial charge in [-0.1, -0.05) is 19.1 Å². The molecule has 2 aromatic rings. The Balaban J connectivity index is 1.71. The second-order valence-electron chi connectivity index (χ2n) is 6.67. The lowest BCUT2D eigenvalue weighted by Crippen LogP contribution is -2.35. The average molecular weight is 324 g/mol. The van der Waals surface area contributed by atoms with Crippen molar-refractivity contribution in [2.24, 2.45) is 5.92 Å². The van der Waals surface area contributed by atoms with Gasteiger partial charge in [0.25, 0.3) is 5.91 Å². The van der Waals surface area contributed by atoms with Gasteiger partial charge in [-0.2, -0.15) is 0 Å². The van der Waals surface area contributed by atoms with E-state index >= 15 is 0 Å². The van der Waals surface area contributed by atoms with Crippen LogP contribution in [0.25, 0.3) is 0 Å². The zero-order chi connectivity index (χ0) is 17.1. The van der Waals surface area contributed by atoms with E-state index in [0.717, 1.165) is 35.7 Å². The lowest BCUT2D eigenvalue weighted by molar-refractivity contribution is 0.102. The molecule has 1 aliphatic heterocycles.